The molecule has 0 radical (unpaired) electrons. The van der Waals surface area contributed by atoms with Crippen LogP contribution < -0.4 is 10.9 Å². The van der Waals surface area contributed by atoms with Crippen LogP contribution in [0.15, 0.2) is 29.1 Å². The number of pyridine rings is 1. The number of carbonyl (C=O) groups is 1. The summed E-state index contributed by atoms with van der Waals surface area (Å²) < 4.78 is 2.16. The topological polar surface area (TPSA) is 111 Å². The summed E-state index contributed by atoms with van der Waals surface area (Å²) in [6.45, 7) is 5.90. The van der Waals surface area contributed by atoms with Crippen LogP contribution in [0, 0.1) is 5.92 Å². The van der Waals surface area contributed by atoms with Gasteiger partial charge in [0.05, 0.1) is 5.69 Å². The van der Waals surface area contributed by atoms with Gasteiger partial charge in [0.25, 0.3) is 5.56 Å². The SMILES string of the molecule is CCc1c(-c2ccc3c(c2)cc(CNCC2CCCN(C)C2)n3C)[nH]c(=O)c(C(=O)O)c1O.Cl.Cl. The van der Waals surface area contributed by atoms with Gasteiger partial charge in [-0.05, 0) is 69.1 Å². The van der Waals surface area contributed by atoms with E-state index in [0.29, 0.717) is 23.6 Å². The minimum absolute atomic E-state index is 0. The number of hydrogen-bond acceptors (Lipinski definition) is 5. The molecule has 2 aromatic heterocycles. The van der Waals surface area contributed by atoms with Crippen molar-refractivity contribution in [3.63, 3.8) is 0 Å². The highest BCUT2D eigenvalue weighted by molar-refractivity contribution is 5.92. The molecule has 192 valence electrons. The van der Waals surface area contributed by atoms with Crippen LogP contribution in [0.25, 0.3) is 22.2 Å². The van der Waals surface area contributed by atoms with Gasteiger partial charge in [0.15, 0.2) is 5.56 Å². The van der Waals surface area contributed by atoms with Crippen LogP contribution in [0.2, 0.25) is 0 Å². The number of halogens is 2. The molecule has 35 heavy (non-hydrogen) atoms. The van der Waals surface area contributed by atoms with E-state index in [1.807, 2.05) is 32.2 Å². The van der Waals surface area contributed by atoms with Crippen LogP contribution in [-0.2, 0) is 20.0 Å². The lowest BCUT2D eigenvalue weighted by molar-refractivity contribution is 0.0691. The van der Waals surface area contributed by atoms with Crippen LogP contribution in [-0.4, -0.2) is 57.3 Å². The minimum atomic E-state index is -1.44. The minimum Gasteiger partial charge on any atom is -0.506 e. The van der Waals surface area contributed by atoms with Crippen LogP contribution in [0.1, 0.15) is 41.4 Å². The zero-order chi connectivity index (χ0) is 23.7. The molecular formula is C25H34Cl2N4O4. The fourth-order valence-corrected chi connectivity index (χ4v) is 4.99. The molecule has 0 saturated carbocycles. The molecule has 3 heterocycles. The van der Waals surface area contributed by atoms with E-state index in [1.54, 1.807) is 0 Å². The van der Waals surface area contributed by atoms with E-state index in [9.17, 15) is 19.8 Å². The monoisotopic (exact) mass is 524 g/mol. The van der Waals surface area contributed by atoms with Crippen molar-refractivity contribution in [2.24, 2.45) is 13.0 Å². The number of aromatic hydroxyl groups is 1. The quantitative estimate of drug-likeness (QED) is 0.374. The van der Waals surface area contributed by atoms with Gasteiger partial charge in [0, 0.05) is 42.3 Å². The first-order valence-corrected chi connectivity index (χ1v) is 11.5. The molecule has 4 rings (SSSR count). The molecule has 1 unspecified atom stereocenters. The maximum absolute atomic E-state index is 12.3. The van der Waals surface area contributed by atoms with Gasteiger partial charge < -0.3 is 30.0 Å². The number of carboxylic acids is 1. The molecule has 0 amide bonds. The van der Waals surface area contributed by atoms with Crippen molar-refractivity contribution in [1.82, 2.24) is 19.8 Å². The van der Waals surface area contributed by atoms with Crippen LogP contribution in [0.3, 0.4) is 0 Å². The molecule has 1 aliphatic heterocycles. The number of hydrogen-bond donors (Lipinski definition) is 4. The van der Waals surface area contributed by atoms with Gasteiger partial charge in [-0.25, -0.2) is 4.79 Å². The van der Waals surface area contributed by atoms with Crippen molar-refractivity contribution in [1.29, 1.82) is 0 Å². The number of likely N-dealkylation sites (tertiary alicyclic amines) is 1. The number of H-pyrrole nitrogens is 1. The van der Waals surface area contributed by atoms with Crippen molar-refractivity contribution in [3.8, 4) is 17.0 Å². The Hall–Kier alpha value is -2.52. The number of nitrogens with zero attached hydrogens (tertiary/aromatic N) is 2. The molecule has 1 aliphatic rings. The third kappa shape index (κ3) is 5.83. The van der Waals surface area contributed by atoms with Crippen molar-refractivity contribution in [2.75, 3.05) is 26.7 Å². The number of aromatic amines is 1. The summed E-state index contributed by atoms with van der Waals surface area (Å²) in [5.74, 6) is -1.23. The first-order valence-electron chi connectivity index (χ1n) is 11.5. The van der Waals surface area contributed by atoms with E-state index in [-0.39, 0.29) is 24.8 Å². The molecule has 8 nitrogen and oxygen atoms in total. The Bertz CT molecular complexity index is 1250. The van der Waals surface area contributed by atoms with Crippen molar-refractivity contribution >= 4 is 41.7 Å². The summed E-state index contributed by atoms with van der Waals surface area (Å²) in [5.41, 5.74) is 2.42. The third-order valence-electron chi connectivity index (χ3n) is 6.75. The second-order valence-electron chi connectivity index (χ2n) is 9.06. The number of benzene rings is 1. The van der Waals surface area contributed by atoms with E-state index < -0.39 is 22.8 Å². The lowest BCUT2D eigenvalue weighted by atomic mass is 9.98. The Balaban J connectivity index is 0.00000216. The Morgan fingerprint density at radius 3 is 2.63 bits per heavy atom. The van der Waals surface area contributed by atoms with E-state index in [2.05, 4.69) is 32.9 Å². The molecule has 10 heteroatoms. The molecule has 1 atom stereocenters. The molecule has 1 aromatic carbocycles. The molecule has 3 aromatic rings. The molecule has 4 N–H and O–H groups in total. The van der Waals surface area contributed by atoms with Gasteiger partial charge >= 0.3 is 5.97 Å². The first kappa shape index (κ1) is 28.7. The fraction of sp³-hybridized carbons (Fsp3) is 0.440. The number of piperidine rings is 1. The van der Waals surface area contributed by atoms with Crippen molar-refractivity contribution < 1.29 is 15.0 Å². The number of aromatic carboxylic acids is 1. The Morgan fingerprint density at radius 1 is 1.23 bits per heavy atom. The summed E-state index contributed by atoms with van der Waals surface area (Å²) in [5, 5.41) is 24.4. The van der Waals surface area contributed by atoms with Gasteiger partial charge in [0.2, 0.25) is 0 Å². The summed E-state index contributed by atoms with van der Waals surface area (Å²) in [6.07, 6.45) is 2.91. The Kier molecular flexibility index (Phi) is 9.80. The van der Waals surface area contributed by atoms with Gasteiger partial charge in [-0.15, -0.1) is 24.8 Å². The van der Waals surface area contributed by atoms with E-state index in [1.165, 1.54) is 25.1 Å². The van der Waals surface area contributed by atoms with Crippen LogP contribution >= 0.6 is 24.8 Å². The number of aromatic nitrogens is 2. The number of nitrogens with one attached hydrogen (secondary N) is 2. The van der Waals surface area contributed by atoms with Gasteiger partial charge in [-0.3, -0.25) is 4.79 Å². The predicted octanol–water partition coefficient (Wildman–Crippen LogP) is 3.77. The maximum atomic E-state index is 12.3. The second-order valence-corrected chi connectivity index (χ2v) is 9.06. The number of rotatable bonds is 7. The van der Waals surface area contributed by atoms with E-state index in [0.717, 1.165) is 36.1 Å². The number of carboxylic acid groups (broad SMARTS) is 1. The molecular weight excluding hydrogens is 491 g/mol. The lowest BCUT2D eigenvalue weighted by Gasteiger charge is -2.29. The molecule has 0 aliphatic carbocycles. The highest BCUT2D eigenvalue weighted by Gasteiger charge is 2.22. The highest BCUT2D eigenvalue weighted by atomic mass is 35.5. The standard InChI is InChI=1S/C25H32N4O4.2ClH/c1-4-19-22(27-24(31)21(23(19)30)25(32)33)16-7-8-20-17(10-16)11-18(29(20)3)13-26-12-15-6-5-9-28(2)14-15;;/h7-8,10-11,15,26H,4-6,9,12-14H2,1-3H3,(H,32,33)(H2,27,30,31);2*1H. The van der Waals surface area contributed by atoms with Crippen LogP contribution in [0.4, 0.5) is 0 Å². The van der Waals surface area contributed by atoms with E-state index >= 15 is 0 Å². The normalized spacial score (nSPS) is 16.0. The average Bonchev–Trinajstić information content (AvgIpc) is 3.08. The zero-order valence-electron chi connectivity index (χ0n) is 20.3. The van der Waals surface area contributed by atoms with Gasteiger partial charge in [0.1, 0.15) is 5.75 Å². The smallest absolute Gasteiger partial charge is 0.345 e. The van der Waals surface area contributed by atoms with Crippen molar-refractivity contribution in [3.05, 3.63) is 51.4 Å². The summed E-state index contributed by atoms with van der Waals surface area (Å²) in [6, 6.07) is 7.99. The van der Waals surface area contributed by atoms with Gasteiger partial charge in [-0.1, -0.05) is 13.0 Å². The predicted molar refractivity (Wildman–Crippen MR) is 143 cm³/mol. The highest BCUT2D eigenvalue weighted by Crippen LogP contribution is 2.32. The summed E-state index contributed by atoms with van der Waals surface area (Å²) in [4.78, 5) is 28.8. The Labute approximate surface area is 217 Å². The molecule has 1 fully saturated rings. The molecule has 0 spiro atoms. The zero-order valence-corrected chi connectivity index (χ0v) is 21.9. The van der Waals surface area contributed by atoms with Crippen molar-refractivity contribution in [2.45, 2.75) is 32.7 Å². The number of aryl methyl sites for hydroxylation is 1. The first-order chi connectivity index (χ1) is 15.8. The van der Waals surface area contributed by atoms with E-state index in [4.69, 9.17) is 0 Å². The van der Waals surface area contributed by atoms with Gasteiger partial charge in [-0.2, -0.15) is 0 Å². The molecule has 0 bridgehead atoms. The third-order valence-corrected chi connectivity index (χ3v) is 6.75. The maximum Gasteiger partial charge on any atom is 0.345 e. The average molecular weight is 525 g/mol. The van der Waals surface area contributed by atoms with Crippen LogP contribution in [0.5, 0.6) is 5.75 Å². The Morgan fingerprint density at radius 2 is 1.97 bits per heavy atom. The fourth-order valence-electron chi connectivity index (χ4n) is 4.99. The number of fused-ring (bicyclic) bond motifs is 1. The summed E-state index contributed by atoms with van der Waals surface area (Å²) in [7, 11) is 4.22. The molecule has 1 saturated heterocycles. The largest absolute Gasteiger partial charge is 0.506 e. The lowest BCUT2D eigenvalue weighted by Crippen LogP contribution is -2.37. The summed E-state index contributed by atoms with van der Waals surface area (Å²) >= 11 is 0. The second kappa shape index (κ2) is 11.9.